The van der Waals surface area contributed by atoms with Gasteiger partial charge in [0, 0.05) is 35.0 Å². The highest BCUT2D eigenvalue weighted by Gasteiger charge is 2.44. The summed E-state index contributed by atoms with van der Waals surface area (Å²) < 4.78 is 36.3. The molecule has 0 fully saturated rings. The van der Waals surface area contributed by atoms with E-state index in [2.05, 4.69) is 19.9 Å². The monoisotopic (exact) mass is 576 g/mol. The lowest BCUT2D eigenvalue weighted by Gasteiger charge is -2.20. The Kier molecular flexibility index (Phi) is 8.19. The van der Waals surface area contributed by atoms with E-state index in [4.69, 9.17) is 0 Å². The number of carboxylic acids is 2. The van der Waals surface area contributed by atoms with Crippen molar-refractivity contribution in [1.82, 2.24) is 0 Å². The van der Waals surface area contributed by atoms with Gasteiger partial charge in [-0.05, 0) is 56.7 Å². The van der Waals surface area contributed by atoms with Crippen molar-refractivity contribution in [3.63, 3.8) is 0 Å². The highest BCUT2D eigenvalue weighted by atomic mass is 32.2. The molecule has 0 saturated heterocycles. The van der Waals surface area contributed by atoms with Gasteiger partial charge >= 0.3 is 11.9 Å². The first kappa shape index (κ1) is 29.7. The zero-order chi connectivity index (χ0) is 30.1. The third-order valence-electron chi connectivity index (χ3n) is 7.40. The molecule has 0 aromatic heterocycles. The highest BCUT2D eigenvalue weighted by molar-refractivity contribution is 7.85. The quantitative estimate of drug-likeness (QED) is 0.251. The summed E-state index contributed by atoms with van der Waals surface area (Å²) in [5.41, 5.74) is 5.33. The van der Waals surface area contributed by atoms with Crippen LogP contribution in [0.1, 0.15) is 43.4 Å². The molecule has 0 saturated carbocycles. The zero-order valence-electron chi connectivity index (χ0n) is 23.2. The number of benzene rings is 2. The Bertz CT molecular complexity index is 1680. The van der Waals surface area contributed by atoms with Gasteiger partial charge in [0.25, 0.3) is 0 Å². The molecule has 2 N–H and O–H groups in total. The van der Waals surface area contributed by atoms with Crippen molar-refractivity contribution >= 4 is 39.1 Å². The topological polar surface area (TPSA) is 138 Å². The van der Waals surface area contributed by atoms with Crippen LogP contribution in [-0.4, -0.2) is 58.5 Å². The summed E-state index contributed by atoms with van der Waals surface area (Å²) in [6.07, 6.45) is 12.7. The van der Waals surface area contributed by atoms with Gasteiger partial charge in [-0.1, -0.05) is 48.9 Å². The number of rotatable bonds is 9. The van der Waals surface area contributed by atoms with Gasteiger partial charge in [-0.3, -0.25) is 4.79 Å². The summed E-state index contributed by atoms with van der Waals surface area (Å²) in [7, 11) is -4.64. The SMILES string of the molecule is Cc1ccc2c(c1)C(C)(C)C(/C=C/C=C/C=C/C=C1\C(C)c3cc(S(=O)(=O)[O-])ccc3N1CC(=O)O)=[N+]2CC(=O)O. The summed E-state index contributed by atoms with van der Waals surface area (Å²) in [5.74, 6) is -2.30. The van der Waals surface area contributed by atoms with E-state index in [0.29, 0.717) is 16.9 Å². The number of aliphatic carboxylic acids is 2. The van der Waals surface area contributed by atoms with Gasteiger partial charge in [0.05, 0.1) is 10.3 Å². The molecule has 41 heavy (non-hydrogen) atoms. The Morgan fingerprint density at radius 1 is 1.02 bits per heavy atom. The molecule has 1 atom stereocenters. The third-order valence-corrected chi connectivity index (χ3v) is 8.23. The van der Waals surface area contributed by atoms with Gasteiger partial charge in [-0.25, -0.2) is 13.2 Å². The van der Waals surface area contributed by atoms with Crippen molar-refractivity contribution in [3.8, 4) is 0 Å². The Morgan fingerprint density at radius 2 is 1.71 bits per heavy atom. The van der Waals surface area contributed by atoms with Crippen molar-refractivity contribution in [1.29, 1.82) is 0 Å². The van der Waals surface area contributed by atoms with Crippen LogP contribution in [0.15, 0.2) is 89.5 Å². The molecule has 0 radical (unpaired) electrons. The predicted molar refractivity (Wildman–Crippen MR) is 155 cm³/mol. The van der Waals surface area contributed by atoms with Gasteiger partial charge < -0.3 is 19.7 Å². The summed E-state index contributed by atoms with van der Waals surface area (Å²) >= 11 is 0. The second-order valence-corrected chi connectivity index (χ2v) is 12.0. The lowest BCUT2D eigenvalue weighted by atomic mass is 9.81. The number of carbonyl (C=O) groups is 2. The number of allylic oxidation sites excluding steroid dienone is 8. The largest absolute Gasteiger partial charge is 0.744 e. The van der Waals surface area contributed by atoms with Crippen molar-refractivity contribution in [2.24, 2.45) is 0 Å². The van der Waals surface area contributed by atoms with E-state index >= 15 is 0 Å². The summed E-state index contributed by atoms with van der Waals surface area (Å²) in [6.45, 7) is 7.51. The van der Waals surface area contributed by atoms with E-state index < -0.39 is 22.1 Å². The van der Waals surface area contributed by atoms with E-state index in [-0.39, 0.29) is 29.3 Å². The zero-order valence-corrected chi connectivity index (χ0v) is 24.1. The van der Waals surface area contributed by atoms with Gasteiger partial charge in [-0.2, -0.15) is 4.58 Å². The fourth-order valence-corrected chi connectivity index (χ4v) is 5.95. The van der Waals surface area contributed by atoms with Crippen LogP contribution in [0.5, 0.6) is 0 Å². The molecule has 4 rings (SSSR count). The molecule has 2 aromatic rings. The Morgan fingerprint density at radius 3 is 2.37 bits per heavy atom. The Balaban J connectivity index is 1.56. The number of fused-ring (bicyclic) bond motifs is 2. The molecule has 0 spiro atoms. The predicted octanol–water partition coefficient (Wildman–Crippen LogP) is 4.62. The average molecular weight is 577 g/mol. The molecular weight excluding hydrogens is 544 g/mol. The average Bonchev–Trinajstić information content (AvgIpc) is 3.24. The first-order valence-corrected chi connectivity index (χ1v) is 14.4. The number of nitrogens with zero attached hydrogens (tertiary/aromatic N) is 2. The number of anilines is 1. The molecule has 2 aliphatic rings. The van der Waals surface area contributed by atoms with Gasteiger partial charge in [0.2, 0.25) is 12.2 Å². The van der Waals surface area contributed by atoms with E-state index in [1.807, 2.05) is 48.8 Å². The van der Waals surface area contributed by atoms with E-state index in [0.717, 1.165) is 22.5 Å². The van der Waals surface area contributed by atoms with Crippen LogP contribution < -0.4 is 4.90 Å². The summed E-state index contributed by atoms with van der Waals surface area (Å²) in [4.78, 5) is 24.4. The van der Waals surface area contributed by atoms with Crippen molar-refractivity contribution in [2.75, 3.05) is 18.0 Å². The van der Waals surface area contributed by atoms with E-state index in [9.17, 15) is 32.8 Å². The smallest absolute Gasteiger partial charge is 0.370 e. The van der Waals surface area contributed by atoms with Crippen LogP contribution >= 0.6 is 0 Å². The van der Waals surface area contributed by atoms with Gasteiger partial charge in [-0.15, -0.1) is 0 Å². The minimum absolute atomic E-state index is 0.147. The lowest BCUT2D eigenvalue weighted by molar-refractivity contribution is -0.428. The minimum Gasteiger partial charge on any atom is -0.744 e. The van der Waals surface area contributed by atoms with Crippen molar-refractivity contribution in [2.45, 2.75) is 43.9 Å². The first-order valence-electron chi connectivity index (χ1n) is 13.0. The maximum Gasteiger partial charge on any atom is 0.370 e. The van der Waals surface area contributed by atoms with Crippen LogP contribution in [0.3, 0.4) is 0 Å². The number of aryl methyl sites for hydroxylation is 1. The molecule has 0 aliphatic carbocycles. The van der Waals surface area contributed by atoms with E-state index in [1.165, 1.54) is 18.2 Å². The second kappa shape index (κ2) is 11.3. The lowest BCUT2D eigenvalue weighted by Crippen LogP contribution is -2.29. The number of carboxylic acid groups (broad SMARTS) is 2. The van der Waals surface area contributed by atoms with Crippen LogP contribution in [-0.2, 0) is 25.1 Å². The summed E-state index contributed by atoms with van der Waals surface area (Å²) in [5, 5.41) is 18.9. The second-order valence-electron chi connectivity index (χ2n) is 10.6. The molecule has 9 nitrogen and oxygen atoms in total. The fourth-order valence-electron chi connectivity index (χ4n) is 5.45. The van der Waals surface area contributed by atoms with Crippen LogP contribution in [0, 0.1) is 6.92 Å². The molecule has 2 aromatic carbocycles. The maximum atomic E-state index is 11.6. The van der Waals surface area contributed by atoms with Gasteiger partial charge in [0.1, 0.15) is 16.7 Å². The Hall–Kier alpha value is -4.28. The molecule has 0 bridgehead atoms. The molecule has 0 amide bonds. The number of hydrogen-bond donors (Lipinski definition) is 2. The van der Waals surface area contributed by atoms with Crippen LogP contribution in [0.2, 0.25) is 0 Å². The van der Waals surface area contributed by atoms with Crippen LogP contribution in [0.4, 0.5) is 11.4 Å². The van der Waals surface area contributed by atoms with Crippen LogP contribution in [0.25, 0.3) is 0 Å². The molecule has 2 aliphatic heterocycles. The minimum atomic E-state index is -4.64. The molecular formula is C31H32N2O7S. The summed E-state index contributed by atoms with van der Waals surface area (Å²) in [6, 6.07) is 9.98. The number of hydrogen-bond acceptors (Lipinski definition) is 6. The van der Waals surface area contributed by atoms with Crippen molar-refractivity contribution in [3.05, 3.63) is 101 Å². The molecule has 1 unspecified atom stereocenters. The van der Waals surface area contributed by atoms with Gasteiger partial charge in [0.15, 0.2) is 5.71 Å². The van der Waals surface area contributed by atoms with Crippen molar-refractivity contribution < 1.29 is 37.3 Å². The molecule has 10 heteroatoms. The third kappa shape index (κ3) is 6.08. The molecule has 2 heterocycles. The van der Waals surface area contributed by atoms with E-state index in [1.54, 1.807) is 29.2 Å². The fraction of sp³-hybridized carbons (Fsp3) is 0.258. The standard InChI is InChI=1S/C31H32N2O7S/c1-20-12-14-27-24(16-20)31(3,4)28(33(27)19-30(36)37)11-9-7-5-6-8-10-25-21(2)23-17-22(41(38,39)40)13-15-26(23)32(25)18-29(34)35/h5-17,21H,18-19H2,1-4H3,(H2-,34,35,36,37,38,39,40). The molecule has 214 valence electrons. The normalized spacial score (nSPS) is 19.2. The highest BCUT2D eigenvalue weighted by Crippen LogP contribution is 2.44. The Labute approximate surface area is 239 Å². The first-order chi connectivity index (χ1) is 19.2. The maximum absolute atomic E-state index is 11.6.